The smallest absolute Gasteiger partial charge is 0.0937 e. The van der Waals surface area contributed by atoms with Gasteiger partial charge in [-0.05, 0) is 63.3 Å². The summed E-state index contributed by atoms with van der Waals surface area (Å²) in [5.74, 6) is 0.835. The Hall–Kier alpha value is -2.91. The van der Waals surface area contributed by atoms with E-state index in [1.165, 1.54) is 38.9 Å². The van der Waals surface area contributed by atoms with Crippen LogP contribution in [0.4, 0.5) is 0 Å². The number of benzene rings is 2. The monoisotopic (exact) mass is 378 g/mol. The topological polar surface area (TPSA) is 25.8 Å². The van der Waals surface area contributed by atoms with Gasteiger partial charge in [0.1, 0.15) is 0 Å². The first kappa shape index (κ1) is 16.1. The van der Waals surface area contributed by atoms with Crippen molar-refractivity contribution in [3.8, 4) is 22.5 Å². The third kappa shape index (κ3) is 1.80. The summed E-state index contributed by atoms with van der Waals surface area (Å²) in [6.07, 6.45) is 4.70. The normalized spacial score (nSPS) is 14.5. The molecule has 2 nitrogen and oxygen atoms in total. The number of rotatable bonds is 2. The molecule has 0 fully saturated rings. The highest BCUT2D eigenvalue weighted by Gasteiger charge is 2.53. The Labute approximate surface area is 169 Å². The Morgan fingerprint density at radius 2 is 1.32 bits per heavy atom. The Kier molecular flexibility index (Phi) is 3.33. The van der Waals surface area contributed by atoms with Gasteiger partial charge in [-0.15, -0.1) is 0 Å². The Morgan fingerprint density at radius 1 is 0.679 bits per heavy atom. The van der Waals surface area contributed by atoms with Gasteiger partial charge in [0.25, 0.3) is 0 Å². The van der Waals surface area contributed by atoms with Crippen LogP contribution in [0.3, 0.4) is 0 Å². The minimum absolute atomic E-state index is 0.342. The molecule has 1 spiro atoms. The van der Waals surface area contributed by atoms with Crippen molar-refractivity contribution >= 4 is 12.6 Å². The van der Waals surface area contributed by atoms with Crippen molar-refractivity contribution in [3.63, 3.8) is 0 Å². The third-order valence-electron chi connectivity index (χ3n) is 6.18. The summed E-state index contributed by atoms with van der Waals surface area (Å²) in [6, 6.07) is 24.1. The second-order valence-corrected chi connectivity index (χ2v) is 7.86. The van der Waals surface area contributed by atoms with Gasteiger partial charge < -0.3 is 0 Å². The van der Waals surface area contributed by atoms with Crippen LogP contribution < -0.4 is 0 Å². The first-order chi connectivity index (χ1) is 13.9. The summed E-state index contributed by atoms with van der Waals surface area (Å²) in [4.78, 5) is 9.50. The zero-order valence-electron chi connectivity index (χ0n) is 15.3. The van der Waals surface area contributed by atoms with E-state index in [4.69, 9.17) is 9.97 Å². The van der Waals surface area contributed by atoms with Crippen LogP contribution in [-0.2, 0) is 11.8 Å². The molecular formula is C25H18N2S. The van der Waals surface area contributed by atoms with Crippen molar-refractivity contribution in [2.45, 2.75) is 11.8 Å². The molecule has 0 bridgehead atoms. The van der Waals surface area contributed by atoms with Crippen LogP contribution in [-0.4, -0.2) is 15.7 Å². The number of aromatic nitrogens is 2. The summed E-state index contributed by atoms with van der Waals surface area (Å²) < 4.78 is 0. The number of nitrogens with zero attached hydrogens (tertiary/aromatic N) is 2. The molecule has 0 radical (unpaired) electrons. The molecule has 6 rings (SSSR count). The van der Waals surface area contributed by atoms with Gasteiger partial charge in [-0.1, -0.05) is 54.6 Å². The average molecular weight is 379 g/mol. The van der Waals surface area contributed by atoms with E-state index in [9.17, 15) is 0 Å². The lowest BCUT2D eigenvalue weighted by molar-refractivity contribution is 0.788. The molecule has 0 aliphatic heterocycles. The van der Waals surface area contributed by atoms with E-state index in [0.717, 1.165) is 23.6 Å². The molecule has 0 saturated heterocycles. The molecule has 0 N–H and O–H groups in total. The van der Waals surface area contributed by atoms with Crippen LogP contribution in [0.15, 0.2) is 79.1 Å². The first-order valence-corrected chi connectivity index (χ1v) is 10.2. The quantitative estimate of drug-likeness (QED) is 0.414. The Bertz CT molecular complexity index is 1200. The van der Waals surface area contributed by atoms with Gasteiger partial charge >= 0.3 is 0 Å². The number of fused-ring (bicyclic) bond motifs is 10. The fourth-order valence-electron chi connectivity index (χ4n) is 5.25. The van der Waals surface area contributed by atoms with E-state index in [0.29, 0.717) is 0 Å². The zero-order valence-corrected chi connectivity index (χ0v) is 16.2. The van der Waals surface area contributed by atoms with E-state index < -0.39 is 0 Å². The maximum Gasteiger partial charge on any atom is 0.0937 e. The second kappa shape index (κ2) is 5.79. The number of hydrogen-bond acceptors (Lipinski definition) is 3. The lowest BCUT2D eigenvalue weighted by atomic mass is 9.71. The van der Waals surface area contributed by atoms with E-state index in [2.05, 4.69) is 67.2 Å². The van der Waals surface area contributed by atoms with E-state index in [-0.39, 0.29) is 5.41 Å². The van der Waals surface area contributed by atoms with Gasteiger partial charge in [-0.2, -0.15) is 12.6 Å². The van der Waals surface area contributed by atoms with Gasteiger partial charge in [0.15, 0.2) is 0 Å². The molecule has 2 aromatic heterocycles. The predicted octanol–water partition coefficient (Wildman–Crippen LogP) is 5.29. The lowest BCUT2D eigenvalue weighted by Gasteiger charge is -2.29. The highest BCUT2D eigenvalue weighted by atomic mass is 32.1. The maximum atomic E-state index is 4.75. The summed E-state index contributed by atoms with van der Waals surface area (Å²) >= 11 is 4.51. The minimum atomic E-state index is -0.342. The van der Waals surface area contributed by atoms with Crippen LogP contribution in [0.1, 0.15) is 27.8 Å². The van der Waals surface area contributed by atoms with Crippen molar-refractivity contribution in [1.29, 1.82) is 0 Å². The van der Waals surface area contributed by atoms with Crippen LogP contribution in [0.2, 0.25) is 0 Å². The molecule has 134 valence electrons. The third-order valence-corrected chi connectivity index (χ3v) is 6.41. The van der Waals surface area contributed by atoms with Gasteiger partial charge in [0.05, 0.1) is 16.8 Å². The number of aryl methyl sites for hydroxylation is 1. The van der Waals surface area contributed by atoms with Crippen molar-refractivity contribution in [3.05, 3.63) is 107 Å². The van der Waals surface area contributed by atoms with Gasteiger partial charge in [0, 0.05) is 12.4 Å². The molecule has 2 heterocycles. The highest BCUT2D eigenvalue weighted by molar-refractivity contribution is 7.80. The van der Waals surface area contributed by atoms with E-state index in [1.807, 2.05) is 24.5 Å². The Balaban J connectivity index is 1.83. The molecule has 3 heteroatoms. The van der Waals surface area contributed by atoms with Crippen LogP contribution in [0.5, 0.6) is 0 Å². The summed E-state index contributed by atoms with van der Waals surface area (Å²) in [5, 5.41) is 0. The van der Waals surface area contributed by atoms with Crippen molar-refractivity contribution in [2.24, 2.45) is 0 Å². The van der Waals surface area contributed by atoms with Crippen molar-refractivity contribution in [2.75, 3.05) is 5.75 Å². The lowest BCUT2D eigenvalue weighted by Crippen LogP contribution is -2.26. The molecule has 0 unspecified atom stereocenters. The molecule has 2 aliphatic carbocycles. The van der Waals surface area contributed by atoms with E-state index in [1.54, 1.807) is 0 Å². The molecule has 28 heavy (non-hydrogen) atoms. The maximum absolute atomic E-state index is 4.75. The fourth-order valence-corrected chi connectivity index (χ4v) is 5.49. The standard InChI is InChI=1S/C25H18N2S/c28-15-12-16-6-3-9-19-22(16)17-7-1-2-8-18(17)25(19)20-10-4-13-26-23(20)24-21(25)11-5-14-27-24/h1-11,13-14,28H,12,15H2. The predicted molar refractivity (Wildman–Crippen MR) is 116 cm³/mol. The number of hydrogen-bond donors (Lipinski definition) is 1. The SMILES string of the molecule is SCCc1cccc2c1-c1ccccc1C21c2cccnc2-c2ncccc21. The largest absolute Gasteiger partial charge is 0.254 e. The average Bonchev–Trinajstić information content (AvgIpc) is 3.22. The first-order valence-electron chi connectivity index (χ1n) is 9.62. The highest BCUT2D eigenvalue weighted by Crippen LogP contribution is 2.62. The second-order valence-electron chi connectivity index (χ2n) is 7.41. The van der Waals surface area contributed by atoms with Crippen LogP contribution in [0, 0.1) is 0 Å². The molecule has 0 atom stereocenters. The molecule has 2 aliphatic rings. The number of pyridine rings is 2. The van der Waals surface area contributed by atoms with Crippen molar-refractivity contribution < 1.29 is 0 Å². The summed E-state index contributed by atoms with van der Waals surface area (Å²) in [7, 11) is 0. The minimum Gasteiger partial charge on any atom is -0.254 e. The molecule has 0 saturated carbocycles. The molecular weight excluding hydrogens is 360 g/mol. The van der Waals surface area contributed by atoms with Crippen LogP contribution >= 0.6 is 12.6 Å². The van der Waals surface area contributed by atoms with Gasteiger partial charge in [-0.3, -0.25) is 9.97 Å². The van der Waals surface area contributed by atoms with E-state index >= 15 is 0 Å². The fraction of sp³-hybridized carbons (Fsp3) is 0.120. The zero-order chi connectivity index (χ0) is 18.7. The Morgan fingerprint density at radius 3 is 2.04 bits per heavy atom. The van der Waals surface area contributed by atoms with Crippen LogP contribution in [0.25, 0.3) is 22.5 Å². The molecule has 4 aromatic rings. The summed E-state index contributed by atoms with van der Waals surface area (Å²) in [6.45, 7) is 0. The molecule has 2 aromatic carbocycles. The van der Waals surface area contributed by atoms with Gasteiger partial charge in [0.2, 0.25) is 0 Å². The number of thiol groups is 1. The summed E-state index contributed by atoms with van der Waals surface area (Å²) in [5.41, 5.74) is 10.8. The van der Waals surface area contributed by atoms with Gasteiger partial charge in [-0.25, -0.2) is 0 Å². The molecule has 0 amide bonds. The van der Waals surface area contributed by atoms with Crippen molar-refractivity contribution in [1.82, 2.24) is 9.97 Å².